The SMILES string of the molecule is CCCN(Cc1ccccc1)C(=O)c1ncccc1N. The van der Waals surface area contributed by atoms with Gasteiger partial charge >= 0.3 is 0 Å². The average Bonchev–Trinajstić information content (AvgIpc) is 2.48. The van der Waals surface area contributed by atoms with E-state index in [9.17, 15) is 4.79 Å². The summed E-state index contributed by atoms with van der Waals surface area (Å²) in [5, 5.41) is 0. The zero-order valence-electron chi connectivity index (χ0n) is 11.6. The molecule has 0 saturated heterocycles. The number of carbonyl (C=O) groups excluding carboxylic acids is 1. The third-order valence-corrected chi connectivity index (χ3v) is 3.04. The van der Waals surface area contributed by atoms with E-state index in [4.69, 9.17) is 5.73 Å². The fraction of sp³-hybridized carbons (Fsp3) is 0.250. The molecule has 0 radical (unpaired) electrons. The third kappa shape index (κ3) is 3.35. The van der Waals surface area contributed by atoms with Crippen molar-refractivity contribution >= 4 is 11.6 Å². The Hall–Kier alpha value is -2.36. The molecule has 1 aromatic heterocycles. The van der Waals surface area contributed by atoms with Crippen LogP contribution in [0.4, 0.5) is 5.69 Å². The van der Waals surface area contributed by atoms with Gasteiger partial charge in [0.2, 0.25) is 0 Å². The molecule has 1 aromatic carbocycles. The topological polar surface area (TPSA) is 59.2 Å². The van der Waals surface area contributed by atoms with E-state index in [1.54, 1.807) is 23.2 Å². The van der Waals surface area contributed by atoms with Crippen molar-refractivity contribution < 1.29 is 4.79 Å². The largest absolute Gasteiger partial charge is 0.397 e. The molecule has 0 aliphatic rings. The van der Waals surface area contributed by atoms with E-state index in [0.29, 0.717) is 24.5 Å². The van der Waals surface area contributed by atoms with E-state index in [-0.39, 0.29) is 5.91 Å². The number of anilines is 1. The fourth-order valence-corrected chi connectivity index (χ4v) is 2.07. The highest BCUT2D eigenvalue weighted by Gasteiger charge is 2.18. The Morgan fingerprint density at radius 2 is 1.95 bits per heavy atom. The maximum atomic E-state index is 12.5. The Morgan fingerprint density at radius 1 is 1.20 bits per heavy atom. The van der Waals surface area contributed by atoms with Gasteiger partial charge in [0, 0.05) is 19.3 Å². The van der Waals surface area contributed by atoms with Gasteiger partial charge in [0.15, 0.2) is 5.69 Å². The van der Waals surface area contributed by atoms with Crippen LogP contribution in [0.1, 0.15) is 29.4 Å². The monoisotopic (exact) mass is 269 g/mol. The van der Waals surface area contributed by atoms with Crippen molar-refractivity contribution in [2.75, 3.05) is 12.3 Å². The normalized spacial score (nSPS) is 10.2. The number of amides is 1. The quantitative estimate of drug-likeness (QED) is 0.908. The Balaban J connectivity index is 2.20. The van der Waals surface area contributed by atoms with Gasteiger partial charge in [-0.15, -0.1) is 0 Å². The molecule has 0 fully saturated rings. The first kappa shape index (κ1) is 14.1. The summed E-state index contributed by atoms with van der Waals surface area (Å²) in [7, 11) is 0. The lowest BCUT2D eigenvalue weighted by Crippen LogP contribution is -2.32. The average molecular weight is 269 g/mol. The molecule has 0 aliphatic carbocycles. The minimum Gasteiger partial charge on any atom is -0.397 e. The van der Waals surface area contributed by atoms with Gasteiger partial charge in [0.1, 0.15) is 0 Å². The predicted octanol–water partition coefficient (Wildman–Crippen LogP) is 2.72. The summed E-state index contributed by atoms with van der Waals surface area (Å²) in [6.07, 6.45) is 2.49. The van der Waals surface area contributed by atoms with E-state index in [2.05, 4.69) is 4.98 Å². The second-order valence-corrected chi connectivity index (χ2v) is 4.65. The van der Waals surface area contributed by atoms with E-state index >= 15 is 0 Å². The second-order valence-electron chi connectivity index (χ2n) is 4.65. The number of rotatable bonds is 5. The van der Waals surface area contributed by atoms with Crippen LogP contribution in [-0.4, -0.2) is 22.3 Å². The van der Waals surface area contributed by atoms with Crippen LogP contribution in [0.3, 0.4) is 0 Å². The Kier molecular flexibility index (Phi) is 4.71. The van der Waals surface area contributed by atoms with Crippen LogP contribution in [0.2, 0.25) is 0 Å². The summed E-state index contributed by atoms with van der Waals surface area (Å²) < 4.78 is 0. The molecule has 0 bridgehead atoms. The second kappa shape index (κ2) is 6.70. The van der Waals surface area contributed by atoms with Gasteiger partial charge in [-0.1, -0.05) is 37.3 Å². The number of nitrogens with zero attached hydrogens (tertiary/aromatic N) is 2. The summed E-state index contributed by atoms with van der Waals surface area (Å²) in [6.45, 7) is 3.31. The molecular weight excluding hydrogens is 250 g/mol. The summed E-state index contributed by atoms with van der Waals surface area (Å²) in [6, 6.07) is 13.4. The highest BCUT2D eigenvalue weighted by atomic mass is 16.2. The van der Waals surface area contributed by atoms with Gasteiger partial charge in [-0.25, -0.2) is 4.98 Å². The molecule has 0 atom stereocenters. The van der Waals surface area contributed by atoms with Gasteiger partial charge in [-0.05, 0) is 24.1 Å². The van der Waals surface area contributed by atoms with E-state index in [1.807, 2.05) is 37.3 Å². The zero-order chi connectivity index (χ0) is 14.4. The van der Waals surface area contributed by atoms with E-state index in [1.165, 1.54) is 0 Å². The lowest BCUT2D eigenvalue weighted by atomic mass is 10.2. The molecule has 0 saturated carbocycles. The van der Waals surface area contributed by atoms with Crippen LogP contribution in [-0.2, 0) is 6.54 Å². The first-order valence-electron chi connectivity index (χ1n) is 6.76. The molecular formula is C16H19N3O. The smallest absolute Gasteiger partial charge is 0.274 e. The summed E-state index contributed by atoms with van der Waals surface area (Å²) >= 11 is 0. The minimum absolute atomic E-state index is 0.117. The summed E-state index contributed by atoms with van der Waals surface area (Å²) in [4.78, 5) is 18.4. The van der Waals surface area contributed by atoms with Gasteiger partial charge in [0.05, 0.1) is 5.69 Å². The minimum atomic E-state index is -0.117. The maximum absolute atomic E-state index is 12.5. The van der Waals surface area contributed by atoms with Crippen LogP contribution in [0, 0.1) is 0 Å². The first-order chi connectivity index (χ1) is 9.72. The summed E-state index contributed by atoms with van der Waals surface area (Å²) in [5.74, 6) is -0.117. The number of hydrogen-bond donors (Lipinski definition) is 1. The third-order valence-electron chi connectivity index (χ3n) is 3.04. The molecule has 2 aromatic rings. The maximum Gasteiger partial charge on any atom is 0.274 e. The van der Waals surface area contributed by atoms with Crippen LogP contribution in [0.25, 0.3) is 0 Å². The fourth-order valence-electron chi connectivity index (χ4n) is 2.07. The van der Waals surface area contributed by atoms with Crippen LogP contribution in [0.15, 0.2) is 48.7 Å². The molecule has 0 aliphatic heterocycles. The highest BCUT2D eigenvalue weighted by Crippen LogP contribution is 2.13. The highest BCUT2D eigenvalue weighted by molar-refractivity contribution is 5.97. The van der Waals surface area contributed by atoms with E-state index < -0.39 is 0 Å². The predicted molar refractivity (Wildman–Crippen MR) is 80.1 cm³/mol. The number of nitrogens with two attached hydrogens (primary N) is 1. The van der Waals surface area contributed by atoms with Crippen LogP contribution < -0.4 is 5.73 Å². The van der Waals surface area contributed by atoms with Gasteiger partial charge < -0.3 is 10.6 Å². The number of carbonyl (C=O) groups is 1. The van der Waals surface area contributed by atoms with Crippen molar-refractivity contribution in [1.82, 2.24) is 9.88 Å². The molecule has 1 amide bonds. The Labute approximate surface area is 119 Å². The summed E-state index contributed by atoms with van der Waals surface area (Å²) in [5.41, 5.74) is 7.69. The molecule has 1 heterocycles. The molecule has 2 rings (SSSR count). The standard InChI is InChI=1S/C16H19N3O/c1-2-11-19(12-13-7-4-3-5-8-13)16(20)15-14(17)9-6-10-18-15/h3-10H,2,11-12,17H2,1H3. The molecule has 20 heavy (non-hydrogen) atoms. The number of pyridine rings is 1. The van der Waals surface area contributed by atoms with Crippen molar-refractivity contribution in [3.63, 3.8) is 0 Å². The van der Waals surface area contributed by atoms with Gasteiger partial charge in [-0.3, -0.25) is 4.79 Å². The lowest BCUT2D eigenvalue weighted by Gasteiger charge is -2.22. The number of nitrogen functional groups attached to an aromatic ring is 1. The van der Waals surface area contributed by atoms with Crippen LogP contribution >= 0.6 is 0 Å². The van der Waals surface area contributed by atoms with E-state index in [0.717, 1.165) is 12.0 Å². The van der Waals surface area contributed by atoms with Crippen molar-refractivity contribution in [2.45, 2.75) is 19.9 Å². The van der Waals surface area contributed by atoms with Crippen molar-refractivity contribution in [2.24, 2.45) is 0 Å². The van der Waals surface area contributed by atoms with Gasteiger partial charge in [0.25, 0.3) is 5.91 Å². The number of benzene rings is 1. The molecule has 0 spiro atoms. The van der Waals surface area contributed by atoms with Gasteiger partial charge in [-0.2, -0.15) is 0 Å². The van der Waals surface area contributed by atoms with Crippen molar-refractivity contribution in [3.05, 3.63) is 59.9 Å². The Morgan fingerprint density at radius 3 is 2.60 bits per heavy atom. The zero-order valence-corrected chi connectivity index (χ0v) is 11.6. The Bertz CT molecular complexity index is 569. The molecule has 0 unspecified atom stereocenters. The molecule has 104 valence electrons. The molecule has 2 N–H and O–H groups in total. The van der Waals surface area contributed by atoms with Crippen molar-refractivity contribution in [1.29, 1.82) is 0 Å². The molecule has 4 nitrogen and oxygen atoms in total. The molecule has 4 heteroatoms. The number of aromatic nitrogens is 1. The van der Waals surface area contributed by atoms with Crippen LogP contribution in [0.5, 0.6) is 0 Å². The first-order valence-corrected chi connectivity index (χ1v) is 6.76. The number of hydrogen-bond acceptors (Lipinski definition) is 3. The van der Waals surface area contributed by atoms with Crippen molar-refractivity contribution in [3.8, 4) is 0 Å². The lowest BCUT2D eigenvalue weighted by molar-refractivity contribution is 0.0738.